The fourth-order valence-corrected chi connectivity index (χ4v) is 2.39. The van der Waals surface area contributed by atoms with E-state index in [1.54, 1.807) is 36.4 Å². The van der Waals surface area contributed by atoms with E-state index in [0.29, 0.717) is 33.0 Å². The molecule has 23 heavy (non-hydrogen) atoms. The third-order valence-corrected chi connectivity index (χ3v) is 4.01. The van der Waals surface area contributed by atoms with Crippen LogP contribution in [0.1, 0.15) is 6.42 Å². The van der Waals surface area contributed by atoms with Crippen LogP contribution in [-0.4, -0.2) is 19.6 Å². The van der Waals surface area contributed by atoms with E-state index in [9.17, 15) is 4.79 Å². The Morgan fingerprint density at radius 1 is 1.09 bits per heavy atom. The minimum absolute atomic E-state index is 0.155. The molecule has 0 fully saturated rings. The third kappa shape index (κ3) is 5.20. The summed E-state index contributed by atoms with van der Waals surface area (Å²) in [6.07, 6.45) is 0.274. The largest absolute Gasteiger partial charge is 0.495 e. The summed E-state index contributed by atoms with van der Waals surface area (Å²) in [6, 6.07) is 10.2. The molecule has 0 heterocycles. The molecular weight excluding hydrogens is 359 g/mol. The van der Waals surface area contributed by atoms with E-state index in [4.69, 9.17) is 39.5 Å². The highest BCUT2D eigenvalue weighted by atomic mass is 35.5. The van der Waals surface area contributed by atoms with Crippen LogP contribution in [0, 0.1) is 0 Å². The summed E-state index contributed by atoms with van der Waals surface area (Å²) in [4.78, 5) is 12.0. The lowest BCUT2D eigenvalue weighted by Gasteiger charge is -2.11. The van der Waals surface area contributed by atoms with Gasteiger partial charge < -0.3 is 15.4 Å². The zero-order valence-electron chi connectivity index (χ0n) is 12.3. The summed E-state index contributed by atoms with van der Waals surface area (Å²) in [7, 11) is 1.53. The summed E-state index contributed by atoms with van der Waals surface area (Å²) < 4.78 is 5.18. The molecule has 0 aliphatic rings. The summed E-state index contributed by atoms with van der Waals surface area (Å²) in [6.45, 7) is 0.451. The molecular formula is C16H15Cl3N2O2. The fourth-order valence-electron chi connectivity index (χ4n) is 1.92. The first-order valence-corrected chi connectivity index (χ1v) is 7.95. The van der Waals surface area contributed by atoms with E-state index >= 15 is 0 Å². The molecule has 4 nitrogen and oxygen atoms in total. The molecule has 0 atom stereocenters. The number of hydrogen-bond donors (Lipinski definition) is 2. The standard InChI is InChI=1S/C16H15Cl3N2O2/c1-23-15-5-2-10(17)8-14(15)21-16(22)6-7-20-11-3-4-12(18)13(19)9-11/h2-5,8-9,20H,6-7H2,1H3,(H,21,22). The lowest BCUT2D eigenvalue weighted by Crippen LogP contribution is -2.16. The van der Waals surface area contributed by atoms with Crippen molar-refractivity contribution < 1.29 is 9.53 Å². The Balaban J connectivity index is 1.88. The van der Waals surface area contributed by atoms with Crippen LogP contribution in [0.25, 0.3) is 0 Å². The number of carbonyl (C=O) groups excluding carboxylic acids is 1. The summed E-state index contributed by atoms with van der Waals surface area (Å²) >= 11 is 17.7. The molecule has 0 unspecified atom stereocenters. The maximum absolute atomic E-state index is 12.0. The van der Waals surface area contributed by atoms with Crippen molar-refractivity contribution in [3.8, 4) is 5.75 Å². The molecule has 2 N–H and O–H groups in total. The highest BCUT2D eigenvalue weighted by molar-refractivity contribution is 6.42. The Kier molecular flexibility index (Phi) is 6.39. The number of halogens is 3. The quantitative estimate of drug-likeness (QED) is 0.741. The second-order valence-electron chi connectivity index (χ2n) is 4.70. The minimum atomic E-state index is -0.155. The second-order valence-corrected chi connectivity index (χ2v) is 5.95. The minimum Gasteiger partial charge on any atom is -0.495 e. The van der Waals surface area contributed by atoms with Crippen molar-refractivity contribution in [3.63, 3.8) is 0 Å². The first kappa shape index (κ1) is 17.7. The fraction of sp³-hybridized carbons (Fsp3) is 0.188. The van der Waals surface area contributed by atoms with Gasteiger partial charge in [0.05, 0.1) is 22.8 Å². The molecule has 0 aromatic heterocycles. The highest BCUT2D eigenvalue weighted by Gasteiger charge is 2.08. The van der Waals surface area contributed by atoms with Crippen LogP contribution in [0.5, 0.6) is 5.75 Å². The lowest BCUT2D eigenvalue weighted by atomic mass is 10.2. The summed E-state index contributed by atoms with van der Waals surface area (Å²) in [5.74, 6) is 0.401. The molecule has 0 saturated carbocycles. The SMILES string of the molecule is COc1ccc(Cl)cc1NC(=O)CCNc1ccc(Cl)c(Cl)c1. The van der Waals surface area contributed by atoms with Crippen LogP contribution >= 0.6 is 34.8 Å². The van der Waals surface area contributed by atoms with Crippen molar-refractivity contribution in [2.24, 2.45) is 0 Å². The predicted octanol–water partition coefficient (Wildman–Crippen LogP) is 5.10. The van der Waals surface area contributed by atoms with Crippen molar-refractivity contribution in [1.82, 2.24) is 0 Å². The molecule has 0 radical (unpaired) electrons. The number of anilines is 2. The maximum Gasteiger partial charge on any atom is 0.226 e. The second kappa shape index (κ2) is 8.29. The molecule has 2 aromatic carbocycles. The van der Waals surface area contributed by atoms with Gasteiger partial charge in [-0.3, -0.25) is 4.79 Å². The number of nitrogens with one attached hydrogen (secondary N) is 2. The van der Waals surface area contributed by atoms with E-state index < -0.39 is 0 Å². The molecule has 2 rings (SSSR count). The predicted molar refractivity (Wildman–Crippen MR) is 96.2 cm³/mol. The van der Waals surface area contributed by atoms with Gasteiger partial charge in [0.15, 0.2) is 0 Å². The topological polar surface area (TPSA) is 50.4 Å². The van der Waals surface area contributed by atoms with E-state index in [1.807, 2.05) is 0 Å². The first-order chi connectivity index (χ1) is 11.0. The summed E-state index contributed by atoms with van der Waals surface area (Å²) in [5.41, 5.74) is 1.34. The molecule has 0 aliphatic heterocycles. The van der Waals surface area contributed by atoms with Gasteiger partial charge in [-0.05, 0) is 36.4 Å². The van der Waals surface area contributed by atoms with Gasteiger partial charge in [0.25, 0.3) is 0 Å². The molecule has 0 aliphatic carbocycles. The van der Waals surface area contributed by atoms with Gasteiger partial charge in [0.1, 0.15) is 5.75 Å². The van der Waals surface area contributed by atoms with E-state index in [-0.39, 0.29) is 12.3 Å². The van der Waals surface area contributed by atoms with Gasteiger partial charge in [-0.1, -0.05) is 34.8 Å². The third-order valence-electron chi connectivity index (χ3n) is 3.04. The van der Waals surface area contributed by atoms with Crippen LogP contribution in [0.15, 0.2) is 36.4 Å². The number of amides is 1. The smallest absolute Gasteiger partial charge is 0.226 e. The van der Waals surface area contributed by atoms with Gasteiger partial charge >= 0.3 is 0 Å². The normalized spacial score (nSPS) is 10.3. The summed E-state index contributed by atoms with van der Waals surface area (Å²) in [5, 5.41) is 7.36. The van der Waals surface area contributed by atoms with Gasteiger partial charge in [-0.25, -0.2) is 0 Å². The number of hydrogen-bond acceptors (Lipinski definition) is 3. The van der Waals surface area contributed by atoms with E-state index in [0.717, 1.165) is 5.69 Å². The van der Waals surface area contributed by atoms with Crippen LogP contribution < -0.4 is 15.4 Å². The van der Waals surface area contributed by atoms with Gasteiger partial charge in [-0.2, -0.15) is 0 Å². The number of methoxy groups -OCH3 is 1. The molecule has 7 heteroatoms. The Morgan fingerprint density at radius 2 is 1.87 bits per heavy atom. The lowest BCUT2D eigenvalue weighted by molar-refractivity contribution is -0.115. The Hall–Kier alpha value is -1.62. The number of benzene rings is 2. The average Bonchev–Trinajstić information content (AvgIpc) is 2.51. The van der Waals surface area contributed by atoms with Crippen molar-refractivity contribution in [2.45, 2.75) is 6.42 Å². The van der Waals surface area contributed by atoms with Crippen molar-refractivity contribution in [2.75, 3.05) is 24.3 Å². The van der Waals surface area contributed by atoms with Gasteiger partial charge in [0.2, 0.25) is 5.91 Å². The van der Waals surface area contributed by atoms with Crippen LogP contribution in [-0.2, 0) is 4.79 Å². The zero-order chi connectivity index (χ0) is 16.8. The van der Waals surface area contributed by atoms with Crippen LogP contribution in [0.3, 0.4) is 0 Å². The van der Waals surface area contributed by atoms with Crippen LogP contribution in [0.4, 0.5) is 11.4 Å². The molecule has 0 saturated heterocycles. The molecule has 0 spiro atoms. The van der Waals surface area contributed by atoms with E-state index in [2.05, 4.69) is 10.6 Å². The van der Waals surface area contributed by atoms with E-state index in [1.165, 1.54) is 7.11 Å². The van der Waals surface area contributed by atoms with Crippen molar-refractivity contribution in [3.05, 3.63) is 51.5 Å². The Labute approximate surface area is 149 Å². The van der Waals surface area contributed by atoms with Crippen LogP contribution in [0.2, 0.25) is 15.1 Å². The molecule has 0 bridgehead atoms. The highest BCUT2D eigenvalue weighted by Crippen LogP contribution is 2.28. The Morgan fingerprint density at radius 3 is 2.57 bits per heavy atom. The van der Waals surface area contributed by atoms with Gasteiger partial charge in [0, 0.05) is 23.7 Å². The number of ether oxygens (including phenoxy) is 1. The first-order valence-electron chi connectivity index (χ1n) is 6.82. The molecule has 122 valence electrons. The zero-order valence-corrected chi connectivity index (χ0v) is 14.6. The average molecular weight is 374 g/mol. The number of rotatable bonds is 6. The monoisotopic (exact) mass is 372 g/mol. The Bertz CT molecular complexity index is 708. The van der Waals surface area contributed by atoms with Crippen molar-refractivity contribution >= 4 is 52.1 Å². The number of carbonyl (C=O) groups is 1. The van der Waals surface area contributed by atoms with Gasteiger partial charge in [-0.15, -0.1) is 0 Å². The maximum atomic E-state index is 12.0. The van der Waals surface area contributed by atoms with Crippen molar-refractivity contribution in [1.29, 1.82) is 0 Å². The molecule has 1 amide bonds. The molecule has 2 aromatic rings.